The molecule has 1 aliphatic heterocycles. The first-order valence-electron chi connectivity index (χ1n) is 2.36. The minimum atomic E-state index is 0.0394. The van der Waals surface area contributed by atoms with Crippen molar-refractivity contribution in [1.29, 1.82) is 0 Å². The Kier molecular flexibility index (Phi) is 1.08. The van der Waals surface area contributed by atoms with Crippen LogP contribution in [0.1, 0.15) is 13.3 Å². The second-order valence-electron chi connectivity index (χ2n) is 1.74. The third-order valence-corrected chi connectivity index (χ3v) is 1.02. The van der Waals surface area contributed by atoms with Crippen LogP contribution in [0, 0.1) is 5.21 Å². The third kappa shape index (κ3) is 0.976. The van der Waals surface area contributed by atoms with E-state index in [0.29, 0.717) is 6.54 Å². The Balaban J connectivity index is 2.50. The van der Waals surface area contributed by atoms with Crippen molar-refractivity contribution in [3.8, 4) is 0 Å². The van der Waals surface area contributed by atoms with Crippen LogP contribution in [0.3, 0.4) is 0 Å². The van der Waals surface area contributed by atoms with E-state index in [9.17, 15) is 5.21 Å². The molecule has 0 aliphatic carbocycles. The standard InChI is InChI=1S/C4H8N2O/c1-4-2-3-6(7)5-4/h6H,2-3H2,1H3. The quantitative estimate of drug-likeness (QED) is 0.396. The van der Waals surface area contributed by atoms with Gasteiger partial charge in [0.25, 0.3) is 0 Å². The smallest absolute Gasteiger partial charge is 0.106 e. The Morgan fingerprint density at radius 1 is 1.86 bits per heavy atom. The molecule has 3 heteroatoms. The summed E-state index contributed by atoms with van der Waals surface area (Å²) >= 11 is 0. The van der Waals surface area contributed by atoms with Crippen LogP contribution in [0.4, 0.5) is 0 Å². The summed E-state index contributed by atoms with van der Waals surface area (Å²) in [7, 11) is 0. The van der Waals surface area contributed by atoms with Crippen LogP contribution in [0.2, 0.25) is 0 Å². The summed E-state index contributed by atoms with van der Waals surface area (Å²) in [5, 5.41) is 14.0. The van der Waals surface area contributed by atoms with Crippen molar-refractivity contribution in [3.63, 3.8) is 0 Å². The summed E-state index contributed by atoms with van der Waals surface area (Å²) in [5.74, 6) is 0. The van der Waals surface area contributed by atoms with Gasteiger partial charge in [-0.2, -0.15) is 0 Å². The van der Waals surface area contributed by atoms with Gasteiger partial charge in [0.1, 0.15) is 6.54 Å². The SMILES string of the molecule is CC1=N[NH+]([O-])CC1. The van der Waals surface area contributed by atoms with Gasteiger partial charge in [0.05, 0.1) is 5.71 Å². The van der Waals surface area contributed by atoms with Gasteiger partial charge in [-0.1, -0.05) is 5.10 Å². The molecular weight excluding hydrogens is 92.1 g/mol. The monoisotopic (exact) mass is 100 g/mol. The van der Waals surface area contributed by atoms with Crippen molar-refractivity contribution in [2.75, 3.05) is 6.54 Å². The molecule has 0 spiro atoms. The lowest BCUT2D eigenvalue weighted by Gasteiger charge is -2.05. The maximum Gasteiger partial charge on any atom is 0.106 e. The minimum Gasteiger partial charge on any atom is -0.606 e. The van der Waals surface area contributed by atoms with E-state index in [0.717, 1.165) is 12.1 Å². The van der Waals surface area contributed by atoms with Crippen molar-refractivity contribution in [2.45, 2.75) is 13.3 Å². The van der Waals surface area contributed by atoms with Crippen molar-refractivity contribution in [3.05, 3.63) is 5.21 Å². The molecular formula is C4H8N2O. The predicted octanol–water partition coefficient (Wildman–Crippen LogP) is -0.851. The highest BCUT2D eigenvalue weighted by Crippen LogP contribution is 1.83. The normalized spacial score (nSPS) is 30.6. The van der Waals surface area contributed by atoms with Crippen LogP contribution in [0.15, 0.2) is 5.10 Å². The second-order valence-corrected chi connectivity index (χ2v) is 1.74. The highest BCUT2D eigenvalue weighted by molar-refractivity contribution is 5.81. The molecule has 1 N–H and O–H groups in total. The summed E-state index contributed by atoms with van der Waals surface area (Å²) in [4.78, 5) is 0. The highest BCUT2D eigenvalue weighted by atomic mass is 16.5. The van der Waals surface area contributed by atoms with Crippen molar-refractivity contribution < 1.29 is 5.17 Å². The number of nitrogens with one attached hydrogen (secondary N) is 1. The van der Waals surface area contributed by atoms with E-state index in [1.807, 2.05) is 6.92 Å². The molecule has 40 valence electrons. The first-order valence-corrected chi connectivity index (χ1v) is 2.36. The summed E-state index contributed by atoms with van der Waals surface area (Å²) in [6.07, 6.45) is 0.874. The molecule has 0 saturated carbocycles. The molecule has 1 aliphatic rings. The Bertz CT molecular complexity index is 99.9. The zero-order chi connectivity index (χ0) is 5.28. The summed E-state index contributed by atoms with van der Waals surface area (Å²) in [5.41, 5.74) is 0.977. The minimum absolute atomic E-state index is 0.0394. The molecule has 0 aromatic rings. The average Bonchev–Trinajstić information content (AvgIpc) is 1.87. The molecule has 7 heavy (non-hydrogen) atoms. The van der Waals surface area contributed by atoms with Gasteiger partial charge < -0.3 is 5.21 Å². The van der Waals surface area contributed by atoms with E-state index in [2.05, 4.69) is 5.10 Å². The largest absolute Gasteiger partial charge is 0.606 e. The van der Waals surface area contributed by atoms with Gasteiger partial charge in [0.2, 0.25) is 0 Å². The number of hydrogen-bond donors (Lipinski definition) is 1. The molecule has 1 atom stereocenters. The molecule has 0 radical (unpaired) electrons. The van der Waals surface area contributed by atoms with E-state index in [1.165, 1.54) is 0 Å². The lowest BCUT2D eigenvalue weighted by atomic mass is 10.3. The van der Waals surface area contributed by atoms with E-state index in [1.54, 1.807) is 0 Å². The fourth-order valence-electron chi connectivity index (χ4n) is 0.613. The third-order valence-electron chi connectivity index (χ3n) is 1.02. The Labute approximate surface area is 42.2 Å². The second kappa shape index (κ2) is 1.60. The molecule has 0 saturated heterocycles. The summed E-state index contributed by atoms with van der Waals surface area (Å²) < 4.78 is 0. The number of quaternary nitrogens is 1. The van der Waals surface area contributed by atoms with Crippen molar-refractivity contribution in [2.24, 2.45) is 5.10 Å². The number of nitrogens with zero attached hydrogens (tertiary/aromatic N) is 1. The Morgan fingerprint density at radius 3 is 2.71 bits per heavy atom. The maximum atomic E-state index is 10.3. The average molecular weight is 100 g/mol. The number of rotatable bonds is 0. The van der Waals surface area contributed by atoms with Crippen LogP contribution >= 0.6 is 0 Å². The van der Waals surface area contributed by atoms with Gasteiger partial charge in [-0.05, 0) is 6.92 Å². The molecule has 0 bridgehead atoms. The van der Waals surface area contributed by atoms with Crippen molar-refractivity contribution in [1.82, 2.24) is 0 Å². The van der Waals surface area contributed by atoms with E-state index < -0.39 is 0 Å². The van der Waals surface area contributed by atoms with Crippen LogP contribution in [0.5, 0.6) is 0 Å². The van der Waals surface area contributed by atoms with Gasteiger partial charge in [0.15, 0.2) is 0 Å². The zero-order valence-electron chi connectivity index (χ0n) is 4.27. The molecule has 0 amide bonds. The molecule has 1 heterocycles. The van der Waals surface area contributed by atoms with Gasteiger partial charge in [0, 0.05) is 6.42 Å². The van der Waals surface area contributed by atoms with Gasteiger partial charge in [-0.3, -0.25) is 0 Å². The molecule has 3 nitrogen and oxygen atoms in total. The molecule has 1 rings (SSSR count). The predicted molar refractivity (Wildman–Crippen MR) is 26.9 cm³/mol. The van der Waals surface area contributed by atoms with Gasteiger partial charge in [-0.15, -0.1) is 0 Å². The van der Waals surface area contributed by atoms with Gasteiger partial charge in [-0.25, -0.2) is 5.17 Å². The Morgan fingerprint density at radius 2 is 2.57 bits per heavy atom. The van der Waals surface area contributed by atoms with E-state index >= 15 is 0 Å². The first-order chi connectivity index (χ1) is 3.29. The highest BCUT2D eigenvalue weighted by Gasteiger charge is 2.06. The van der Waals surface area contributed by atoms with Crippen LogP contribution in [-0.4, -0.2) is 12.3 Å². The molecule has 0 aromatic carbocycles. The lowest BCUT2D eigenvalue weighted by Crippen LogP contribution is -3.00. The van der Waals surface area contributed by atoms with Gasteiger partial charge >= 0.3 is 0 Å². The van der Waals surface area contributed by atoms with E-state index in [-0.39, 0.29) is 5.17 Å². The molecule has 0 fully saturated rings. The van der Waals surface area contributed by atoms with Crippen molar-refractivity contribution >= 4 is 5.71 Å². The number of hydroxylamine groups is 1. The van der Waals surface area contributed by atoms with Crippen LogP contribution < -0.4 is 5.17 Å². The summed E-state index contributed by atoms with van der Waals surface area (Å²) in [6, 6.07) is 0. The van der Waals surface area contributed by atoms with Crippen LogP contribution in [-0.2, 0) is 0 Å². The molecule has 0 aromatic heterocycles. The fourth-order valence-corrected chi connectivity index (χ4v) is 0.613. The first kappa shape index (κ1) is 4.74. The van der Waals surface area contributed by atoms with E-state index in [4.69, 9.17) is 0 Å². The van der Waals surface area contributed by atoms with Crippen LogP contribution in [0.25, 0.3) is 0 Å². The summed E-state index contributed by atoms with van der Waals surface area (Å²) in [6.45, 7) is 2.51. The molecule has 1 unspecified atom stereocenters. The maximum absolute atomic E-state index is 10.3. The number of hydrogen-bond acceptors (Lipinski definition) is 2. The topological polar surface area (TPSA) is 39.9 Å². The Hall–Kier alpha value is -0.410. The fraction of sp³-hybridized carbons (Fsp3) is 0.750. The zero-order valence-corrected chi connectivity index (χ0v) is 4.27. The lowest BCUT2D eigenvalue weighted by molar-refractivity contribution is -0.848.